The number of methoxy groups -OCH3 is 2. The van der Waals surface area contributed by atoms with Gasteiger partial charge in [0.25, 0.3) is 5.91 Å². The minimum Gasteiger partial charge on any atom is -0.469 e. The zero-order chi connectivity index (χ0) is 11.1. The average Bonchev–Trinajstić information content (AvgIpc) is 2.22. The lowest BCUT2D eigenvalue weighted by Gasteiger charge is -2.51. The van der Waals surface area contributed by atoms with Crippen LogP contribution in [0, 0.1) is 11.8 Å². The monoisotopic (exact) mass is 211 g/mol. The van der Waals surface area contributed by atoms with Crippen molar-refractivity contribution < 1.29 is 19.1 Å². The molecule has 0 bridgehead atoms. The summed E-state index contributed by atoms with van der Waals surface area (Å²) in [5.41, 5.74) is -0.867. The molecule has 0 aromatic heterocycles. The number of fused-ring (bicyclic) bond motifs is 1. The molecule has 1 fully saturated rings. The number of carbonyl (C=O) groups excluding carboxylic acids is 2. The second-order valence-electron chi connectivity index (χ2n) is 3.79. The molecule has 1 amide bonds. The van der Waals surface area contributed by atoms with Crippen molar-refractivity contribution in [2.75, 3.05) is 14.2 Å². The summed E-state index contributed by atoms with van der Waals surface area (Å²) in [5, 5.41) is 2.59. The van der Waals surface area contributed by atoms with E-state index in [4.69, 9.17) is 4.74 Å². The van der Waals surface area contributed by atoms with Crippen LogP contribution in [-0.2, 0) is 19.1 Å². The molecule has 0 aromatic rings. The fraction of sp³-hybridized carbons (Fsp3) is 0.600. The van der Waals surface area contributed by atoms with Crippen molar-refractivity contribution in [3.63, 3.8) is 0 Å². The van der Waals surface area contributed by atoms with Crippen molar-refractivity contribution in [2.24, 2.45) is 11.8 Å². The van der Waals surface area contributed by atoms with Crippen LogP contribution in [0.5, 0.6) is 0 Å². The van der Waals surface area contributed by atoms with Gasteiger partial charge in [0.1, 0.15) is 0 Å². The number of amides is 1. The van der Waals surface area contributed by atoms with Gasteiger partial charge in [-0.3, -0.25) is 9.59 Å². The van der Waals surface area contributed by atoms with Gasteiger partial charge in [-0.25, -0.2) is 0 Å². The third kappa shape index (κ3) is 1.19. The first-order valence-corrected chi connectivity index (χ1v) is 4.76. The van der Waals surface area contributed by atoms with E-state index in [2.05, 4.69) is 10.1 Å². The molecule has 1 aliphatic carbocycles. The highest BCUT2D eigenvalue weighted by atomic mass is 16.5. The van der Waals surface area contributed by atoms with Crippen LogP contribution in [-0.4, -0.2) is 31.7 Å². The lowest BCUT2D eigenvalue weighted by Crippen LogP contribution is -2.66. The largest absolute Gasteiger partial charge is 0.469 e. The lowest BCUT2D eigenvalue weighted by atomic mass is 9.59. The highest BCUT2D eigenvalue weighted by Gasteiger charge is 2.62. The smallest absolute Gasteiger partial charge is 0.309 e. The van der Waals surface area contributed by atoms with E-state index in [1.165, 1.54) is 14.2 Å². The predicted molar refractivity (Wildman–Crippen MR) is 50.6 cm³/mol. The molecule has 3 unspecified atom stereocenters. The van der Waals surface area contributed by atoms with E-state index >= 15 is 0 Å². The van der Waals surface area contributed by atoms with E-state index in [9.17, 15) is 9.59 Å². The van der Waals surface area contributed by atoms with E-state index in [0.29, 0.717) is 6.42 Å². The second-order valence-corrected chi connectivity index (χ2v) is 3.79. The highest BCUT2D eigenvalue weighted by molar-refractivity contribution is 5.92. The van der Waals surface area contributed by atoms with Gasteiger partial charge in [0, 0.05) is 19.2 Å². The van der Waals surface area contributed by atoms with E-state index in [1.54, 1.807) is 12.3 Å². The molecule has 5 nitrogen and oxygen atoms in total. The summed E-state index contributed by atoms with van der Waals surface area (Å²) < 4.78 is 9.91. The van der Waals surface area contributed by atoms with Crippen molar-refractivity contribution in [2.45, 2.75) is 12.0 Å². The van der Waals surface area contributed by atoms with Crippen LogP contribution in [0.3, 0.4) is 0 Å². The van der Waals surface area contributed by atoms with Crippen LogP contribution in [0.4, 0.5) is 0 Å². The maximum absolute atomic E-state index is 11.6. The van der Waals surface area contributed by atoms with Crippen molar-refractivity contribution in [1.29, 1.82) is 0 Å². The highest BCUT2D eigenvalue weighted by Crippen LogP contribution is 2.49. The second kappa shape index (κ2) is 3.34. The number of esters is 1. The van der Waals surface area contributed by atoms with Gasteiger partial charge in [0.05, 0.1) is 13.0 Å². The van der Waals surface area contributed by atoms with E-state index in [0.717, 1.165) is 0 Å². The first-order valence-electron chi connectivity index (χ1n) is 4.76. The van der Waals surface area contributed by atoms with Gasteiger partial charge in [-0.05, 0) is 6.42 Å². The number of ether oxygens (including phenoxy) is 2. The third-order valence-electron chi connectivity index (χ3n) is 3.27. The Kier molecular flexibility index (Phi) is 2.26. The van der Waals surface area contributed by atoms with Gasteiger partial charge in [0.15, 0.2) is 5.60 Å². The van der Waals surface area contributed by atoms with Gasteiger partial charge < -0.3 is 14.8 Å². The standard InChI is InChI=1S/C10H13NO4/c1-14-8(12)6-5-10(15-2)7(6)3-4-11-9(10)13/h3-4,6-7H,5H2,1-2H3,(H,11,13). The SMILES string of the molecule is COC(=O)C1CC2(OC)C(=O)NC=CC12. The van der Waals surface area contributed by atoms with Crippen molar-refractivity contribution >= 4 is 11.9 Å². The number of rotatable bonds is 2. The number of nitrogens with one attached hydrogen (secondary N) is 1. The third-order valence-corrected chi connectivity index (χ3v) is 3.27. The van der Waals surface area contributed by atoms with Crippen LogP contribution in [0.2, 0.25) is 0 Å². The van der Waals surface area contributed by atoms with E-state index < -0.39 is 5.60 Å². The molecule has 5 heteroatoms. The summed E-state index contributed by atoms with van der Waals surface area (Å²) >= 11 is 0. The molecule has 0 spiro atoms. The van der Waals surface area contributed by atoms with Crippen LogP contribution in [0.15, 0.2) is 12.3 Å². The first-order chi connectivity index (χ1) is 7.15. The van der Waals surface area contributed by atoms with Crippen molar-refractivity contribution in [1.82, 2.24) is 5.32 Å². The van der Waals surface area contributed by atoms with E-state index in [1.807, 2.05) is 0 Å². The van der Waals surface area contributed by atoms with Crippen molar-refractivity contribution in [3.8, 4) is 0 Å². The minimum absolute atomic E-state index is 0.183. The normalized spacial score (nSPS) is 37.6. The van der Waals surface area contributed by atoms with Crippen molar-refractivity contribution in [3.05, 3.63) is 12.3 Å². The molecular formula is C10H13NO4. The maximum atomic E-state index is 11.6. The molecule has 2 rings (SSSR count). The average molecular weight is 211 g/mol. The zero-order valence-corrected chi connectivity index (χ0v) is 8.65. The van der Waals surface area contributed by atoms with Crippen LogP contribution >= 0.6 is 0 Å². The molecule has 15 heavy (non-hydrogen) atoms. The Bertz CT molecular complexity index is 338. The Labute approximate surface area is 87.4 Å². The first kappa shape index (κ1) is 10.2. The fourth-order valence-corrected chi connectivity index (χ4v) is 2.33. The summed E-state index contributed by atoms with van der Waals surface area (Å²) in [5.74, 6) is -0.939. The predicted octanol–water partition coefficient (Wildman–Crippen LogP) is -0.176. The number of hydrogen-bond donors (Lipinski definition) is 1. The number of carbonyl (C=O) groups is 2. The van der Waals surface area contributed by atoms with Crippen LogP contribution < -0.4 is 5.32 Å². The lowest BCUT2D eigenvalue weighted by molar-refractivity contribution is -0.189. The molecule has 1 N–H and O–H groups in total. The van der Waals surface area contributed by atoms with Gasteiger partial charge in [-0.1, -0.05) is 6.08 Å². The summed E-state index contributed by atoms with van der Waals surface area (Å²) in [7, 11) is 2.83. The topological polar surface area (TPSA) is 64.6 Å². The maximum Gasteiger partial charge on any atom is 0.309 e. The Hall–Kier alpha value is -1.36. The summed E-state index contributed by atoms with van der Waals surface area (Å²) in [6.45, 7) is 0. The molecule has 2 aliphatic rings. The Morgan fingerprint density at radius 1 is 1.60 bits per heavy atom. The molecule has 1 heterocycles. The summed E-state index contributed by atoms with van der Waals surface area (Å²) in [6.07, 6.45) is 3.73. The molecule has 82 valence electrons. The molecule has 1 saturated carbocycles. The summed E-state index contributed by atoms with van der Waals surface area (Å²) in [4.78, 5) is 23.0. The van der Waals surface area contributed by atoms with Gasteiger partial charge in [-0.2, -0.15) is 0 Å². The molecular weight excluding hydrogens is 198 g/mol. The quantitative estimate of drug-likeness (QED) is 0.644. The molecule has 0 radical (unpaired) electrons. The molecule has 0 saturated heterocycles. The number of hydrogen-bond acceptors (Lipinski definition) is 4. The Morgan fingerprint density at radius 2 is 2.33 bits per heavy atom. The molecule has 3 atom stereocenters. The molecule has 1 aliphatic heterocycles. The van der Waals surface area contributed by atoms with Gasteiger partial charge in [0.2, 0.25) is 0 Å². The van der Waals surface area contributed by atoms with Gasteiger partial charge >= 0.3 is 5.97 Å². The fourth-order valence-electron chi connectivity index (χ4n) is 2.33. The summed E-state index contributed by atoms with van der Waals surface area (Å²) in [6, 6.07) is 0. The van der Waals surface area contributed by atoms with Gasteiger partial charge in [-0.15, -0.1) is 0 Å². The van der Waals surface area contributed by atoms with Crippen LogP contribution in [0.25, 0.3) is 0 Å². The minimum atomic E-state index is -0.867. The Morgan fingerprint density at radius 3 is 2.93 bits per heavy atom. The Balaban J connectivity index is 2.23. The zero-order valence-electron chi connectivity index (χ0n) is 8.65. The molecule has 0 aromatic carbocycles. The van der Waals surface area contributed by atoms with Crippen LogP contribution in [0.1, 0.15) is 6.42 Å². The van der Waals surface area contributed by atoms with E-state index in [-0.39, 0.29) is 23.7 Å².